The first kappa shape index (κ1) is 15.9. The fourth-order valence-electron chi connectivity index (χ4n) is 2.91. The smallest absolute Gasteiger partial charge is 0.158 e. The fraction of sp³-hybridized carbons (Fsp3) is 0.0952. The van der Waals surface area contributed by atoms with Gasteiger partial charge in [0.2, 0.25) is 0 Å². The van der Waals surface area contributed by atoms with Gasteiger partial charge in [0.05, 0.1) is 11.9 Å². The molecule has 0 atom stereocenters. The molecule has 0 saturated heterocycles. The molecule has 5 heteroatoms. The maximum atomic E-state index is 9.84. The van der Waals surface area contributed by atoms with Gasteiger partial charge in [-0.3, -0.25) is 0 Å². The second kappa shape index (κ2) is 6.69. The molecular weight excluding hydrogens is 322 g/mol. The largest absolute Gasteiger partial charge is 0.365 e. The van der Waals surface area contributed by atoms with Gasteiger partial charge in [0.1, 0.15) is 17.5 Å². The molecule has 0 amide bonds. The molecule has 126 valence electrons. The van der Waals surface area contributed by atoms with Crippen LogP contribution in [-0.2, 0) is 6.54 Å². The summed E-state index contributed by atoms with van der Waals surface area (Å²) in [7, 11) is 0. The van der Waals surface area contributed by atoms with E-state index in [0.717, 1.165) is 11.1 Å². The van der Waals surface area contributed by atoms with Crippen molar-refractivity contribution in [2.45, 2.75) is 13.5 Å². The van der Waals surface area contributed by atoms with E-state index in [9.17, 15) is 5.26 Å². The Morgan fingerprint density at radius 1 is 1.04 bits per heavy atom. The van der Waals surface area contributed by atoms with E-state index in [4.69, 9.17) is 0 Å². The van der Waals surface area contributed by atoms with Gasteiger partial charge in [-0.05, 0) is 12.5 Å². The van der Waals surface area contributed by atoms with Crippen LogP contribution in [0.15, 0.2) is 66.9 Å². The van der Waals surface area contributed by atoms with Gasteiger partial charge in [0, 0.05) is 18.2 Å². The molecule has 0 fully saturated rings. The molecule has 4 aromatic rings. The predicted molar refractivity (Wildman–Crippen MR) is 102 cm³/mol. The number of anilines is 1. The first-order valence-electron chi connectivity index (χ1n) is 8.39. The summed E-state index contributed by atoms with van der Waals surface area (Å²) in [6.07, 6.45) is 1.69. The van der Waals surface area contributed by atoms with Crippen molar-refractivity contribution >= 4 is 11.5 Å². The van der Waals surface area contributed by atoms with Crippen molar-refractivity contribution in [3.63, 3.8) is 0 Å². The summed E-state index contributed by atoms with van der Waals surface area (Å²) in [5, 5.41) is 17.5. The molecule has 1 N–H and O–H groups in total. The van der Waals surface area contributed by atoms with Crippen LogP contribution in [0.1, 0.15) is 16.7 Å². The van der Waals surface area contributed by atoms with Gasteiger partial charge in [-0.1, -0.05) is 60.2 Å². The Hall–Kier alpha value is -3.65. The Labute approximate surface area is 151 Å². The van der Waals surface area contributed by atoms with Crippen molar-refractivity contribution < 1.29 is 0 Å². The van der Waals surface area contributed by atoms with Crippen LogP contribution in [0.4, 0.5) is 5.82 Å². The molecule has 0 radical (unpaired) electrons. The topological polar surface area (TPSA) is 66.0 Å². The monoisotopic (exact) mass is 339 g/mol. The summed E-state index contributed by atoms with van der Waals surface area (Å²) in [5.41, 5.74) is 5.07. The van der Waals surface area contributed by atoms with Gasteiger partial charge in [0.15, 0.2) is 5.65 Å². The zero-order chi connectivity index (χ0) is 17.9. The number of aryl methyl sites for hydroxylation is 1. The maximum absolute atomic E-state index is 9.84. The van der Waals surface area contributed by atoms with E-state index in [0.29, 0.717) is 29.3 Å². The second-order valence-electron chi connectivity index (χ2n) is 6.10. The number of hydrogen-bond acceptors (Lipinski definition) is 4. The third kappa shape index (κ3) is 2.89. The third-order valence-electron chi connectivity index (χ3n) is 4.27. The summed E-state index contributed by atoms with van der Waals surface area (Å²) >= 11 is 0. The lowest BCUT2D eigenvalue weighted by molar-refractivity contribution is 0.922. The number of nitrogens with zero attached hydrogens (tertiary/aromatic N) is 4. The number of aromatic nitrogens is 3. The van der Waals surface area contributed by atoms with E-state index >= 15 is 0 Å². The molecule has 0 saturated carbocycles. The van der Waals surface area contributed by atoms with Crippen LogP contribution < -0.4 is 5.32 Å². The molecule has 0 aliphatic rings. The van der Waals surface area contributed by atoms with E-state index in [1.165, 1.54) is 5.56 Å². The maximum Gasteiger partial charge on any atom is 0.158 e. The molecule has 4 rings (SSSR count). The fourth-order valence-corrected chi connectivity index (χ4v) is 2.91. The first-order valence-corrected chi connectivity index (χ1v) is 8.39. The van der Waals surface area contributed by atoms with E-state index in [1.54, 1.807) is 10.7 Å². The van der Waals surface area contributed by atoms with Crippen LogP contribution >= 0.6 is 0 Å². The van der Waals surface area contributed by atoms with Crippen LogP contribution in [0, 0.1) is 18.3 Å². The number of nitrogens with one attached hydrogen (secondary N) is 1. The third-order valence-corrected chi connectivity index (χ3v) is 4.27. The highest BCUT2D eigenvalue weighted by Crippen LogP contribution is 2.28. The van der Waals surface area contributed by atoms with Crippen molar-refractivity contribution in [3.05, 3.63) is 83.6 Å². The molecule has 5 nitrogen and oxygen atoms in total. The highest BCUT2D eigenvalue weighted by molar-refractivity contribution is 5.75. The van der Waals surface area contributed by atoms with Crippen LogP contribution in [0.5, 0.6) is 0 Å². The van der Waals surface area contributed by atoms with E-state index in [1.807, 2.05) is 67.6 Å². The van der Waals surface area contributed by atoms with Crippen LogP contribution in [0.3, 0.4) is 0 Å². The van der Waals surface area contributed by atoms with Crippen LogP contribution in [0.25, 0.3) is 16.9 Å². The average molecular weight is 339 g/mol. The summed E-state index contributed by atoms with van der Waals surface area (Å²) in [5.74, 6) is 0.655. The van der Waals surface area contributed by atoms with E-state index < -0.39 is 0 Å². The summed E-state index contributed by atoms with van der Waals surface area (Å²) in [4.78, 5) is 4.66. The van der Waals surface area contributed by atoms with Crippen molar-refractivity contribution in [3.8, 4) is 17.3 Å². The van der Waals surface area contributed by atoms with Gasteiger partial charge in [-0.2, -0.15) is 14.9 Å². The Kier molecular flexibility index (Phi) is 4.08. The number of nitriles is 1. The summed E-state index contributed by atoms with van der Waals surface area (Å²) in [6.45, 7) is 2.64. The lowest BCUT2D eigenvalue weighted by Crippen LogP contribution is -2.10. The molecule has 26 heavy (non-hydrogen) atoms. The summed E-state index contributed by atoms with van der Waals surface area (Å²) in [6, 6.07) is 22.2. The highest BCUT2D eigenvalue weighted by Gasteiger charge is 2.17. The van der Waals surface area contributed by atoms with Gasteiger partial charge < -0.3 is 5.32 Å². The molecule has 0 unspecified atom stereocenters. The van der Waals surface area contributed by atoms with Crippen molar-refractivity contribution in [2.75, 3.05) is 5.32 Å². The average Bonchev–Trinajstić information content (AvgIpc) is 3.15. The Morgan fingerprint density at radius 2 is 1.81 bits per heavy atom. The molecule has 2 aromatic carbocycles. The molecule has 0 spiro atoms. The van der Waals surface area contributed by atoms with Crippen molar-refractivity contribution in [1.29, 1.82) is 5.26 Å². The van der Waals surface area contributed by atoms with E-state index in [2.05, 4.69) is 21.5 Å². The quantitative estimate of drug-likeness (QED) is 0.605. The van der Waals surface area contributed by atoms with Crippen LogP contribution in [-0.4, -0.2) is 14.6 Å². The zero-order valence-electron chi connectivity index (χ0n) is 14.3. The van der Waals surface area contributed by atoms with Crippen LogP contribution in [0.2, 0.25) is 0 Å². The number of benzene rings is 2. The van der Waals surface area contributed by atoms with Gasteiger partial charge in [0.25, 0.3) is 0 Å². The molecule has 0 aliphatic carbocycles. The van der Waals surface area contributed by atoms with Crippen molar-refractivity contribution in [2.24, 2.45) is 0 Å². The second-order valence-corrected chi connectivity index (χ2v) is 6.10. The Morgan fingerprint density at radius 3 is 2.54 bits per heavy atom. The SMILES string of the molecule is Cc1ccc(-c2nc3ccnn3c(NCc3ccccc3)c2C#N)cc1. The lowest BCUT2D eigenvalue weighted by atomic mass is 10.1. The standard InChI is InChI=1S/C21H17N5/c1-15-7-9-17(10-8-15)20-18(13-22)21(26-19(25-20)11-12-24-26)23-14-16-5-3-2-4-6-16/h2-12,23H,14H2,1H3. The Bertz CT molecular complexity index is 1090. The highest BCUT2D eigenvalue weighted by atomic mass is 15.3. The first-order chi connectivity index (χ1) is 12.8. The minimum absolute atomic E-state index is 0.487. The molecule has 2 aromatic heterocycles. The Balaban J connectivity index is 1.83. The zero-order valence-corrected chi connectivity index (χ0v) is 14.3. The van der Waals surface area contributed by atoms with Crippen molar-refractivity contribution in [1.82, 2.24) is 14.6 Å². The minimum Gasteiger partial charge on any atom is -0.365 e. The summed E-state index contributed by atoms with van der Waals surface area (Å²) < 4.78 is 1.68. The predicted octanol–water partition coefficient (Wildman–Crippen LogP) is 4.19. The van der Waals surface area contributed by atoms with E-state index in [-0.39, 0.29) is 0 Å². The van der Waals surface area contributed by atoms with Gasteiger partial charge >= 0.3 is 0 Å². The van der Waals surface area contributed by atoms with Gasteiger partial charge in [-0.25, -0.2) is 4.98 Å². The lowest BCUT2D eigenvalue weighted by Gasteiger charge is -2.13. The minimum atomic E-state index is 0.487. The normalized spacial score (nSPS) is 10.6. The number of rotatable bonds is 4. The molecule has 0 bridgehead atoms. The molecular formula is C21H17N5. The number of fused-ring (bicyclic) bond motifs is 1. The number of hydrogen-bond donors (Lipinski definition) is 1. The molecule has 2 heterocycles. The van der Waals surface area contributed by atoms with Gasteiger partial charge in [-0.15, -0.1) is 0 Å². The molecule has 0 aliphatic heterocycles.